The van der Waals surface area contributed by atoms with Crippen LogP contribution < -0.4 is 0 Å². The number of aromatic nitrogens is 10. The first-order chi connectivity index (χ1) is 55.9. The standard InChI is InChI=1S/C98H54N10O4S/c1-5-23-55(24-6-1)59-31-17-33-62(51-59)95-104-96(108-98(107-95)71-40-22-46-78-82(71)69-37-19-41-72(87(69)111-78)85-89-83(66-35-13-15-43-75(66)109-89)99-91(101-85)56-25-7-2-8-26-56)63-34-18-32-60(52-63)61-48-50-79-74(53-61)65-49-47-64(54-80(65)113-79)94-100-84-67-36-14-16-44-76(67)110-90(84)86(102-94)73-42-20-38-68-81-70(39-21-45-77(81)112-88(68)73)97-105-92(57-27-9-3-10-28-57)103-93(106-97)58-29-11-4-12-30-58/h1-54H. The van der Waals surface area contributed by atoms with Gasteiger partial charge in [-0.1, -0.05) is 249 Å². The number of thiophene rings is 1. The zero-order chi connectivity index (χ0) is 74.2. The molecule has 113 heavy (non-hydrogen) atoms. The maximum absolute atomic E-state index is 7.01. The molecule has 23 aromatic rings. The van der Waals surface area contributed by atoms with E-state index in [1.165, 1.54) is 0 Å². The van der Waals surface area contributed by atoms with E-state index in [1.54, 1.807) is 11.3 Å². The third-order valence-electron chi connectivity index (χ3n) is 21.3. The average molecular weight is 1470 g/mol. The topological polar surface area (TPSA) is 181 Å². The van der Waals surface area contributed by atoms with Crippen molar-refractivity contribution in [2.75, 3.05) is 0 Å². The number of para-hydroxylation sites is 4. The van der Waals surface area contributed by atoms with Crippen molar-refractivity contribution in [3.63, 3.8) is 0 Å². The summed E-state index contributed by atoms with van der Waals surface area (Å²) in [6.07, 6.45) is 0. The normalized spacial score (nSPS) is 11.9. The van der Waals surface area contributed by atoms with Crippen LogP contribution in [0.15, 0.2) is 345 Å². The number of nitrogens with zero attached hydrogens (tertiary/aromatic N) is 10. The first-order valence-corrected chi connectivity index (χ1v) is 38.0. The minimum absolute atomic E-state index is 0.490. The van der Waals surface area contributed by atoms with Gasteiger partial charge in [-0.2, -0.15) is 0 Å². The summed E-state index contributed by atoms with van der Waals surface area (Å²) in [5.74, 6) is 4.33. The van der Waals surface area contributed by atoms with E-state index in [4.69, 9.17) is 67.5 Å². The van der Waals surface area contributed by atoms with Gasteiger partial charge < -0.3 is 17.7 Å². The molecule has 0 saturated heterocycles. The Labute approximate surface area is 646 Å². The molecular weight excluding hydrogens is 1410 g/mol. The molecule has 14 aromatic carbocycles. The zero-order valence-electron chi connectivity index (χ0n) is 59.7. The van der Waals surface area contributed by atoms with E-state index in [0.717, 1.165) is 141 Å². The van der Waals surface area contributed by atoms with E-state index >= 15 is 0 Å². The third kappa shape index (κ3) is 10.7. The first kappa shape index (κ1) is 63.7. The molecule has 0 saturated carbocycles. The van der Waals surface area contributed by atoms with Crippen molar-refractivity contribution in [2.45, 2.75) is 0 Å². The van der Waals surface area contributed by atoms with Gasteiger partial charge in [0.25, 0.3) is 0 Å². The maximum atomic E-state index is 7.01. The van der Waals surface area contributed by atoms with Gasteiger partial charge in [-0.05, 0) is 101 Å². The average Bonchev–Trinajstić information content (AvgIpc) is 1.59. The fraction of sp³-hybridized carbons (Fsp3) is 0. The number of furan rings is 4. The van der Waals surface area contributed by atoms with E-state index in [-0.39, 0.29) is 0 Å². The van der Waals surface area contributed by atoms with Gasteiger partial charge >= 0.3 is 0 Å². The molecule has 0 atom stereocenters. The molecule has 0 fully saturated rings. The van der Waals surface area contributed by atoms with Gasteiger partial charge in [0, 0.05) is 108 Å². The Bertz CT molecular complexity index is 7770. The Morgan fingerprint density at radius 3 is 1.04 bits per heavy atom. The molecule has 0 amide bonds. The smallest absolute Gasteiger partial charge is 0.180 e. The molecule has 0 spiro atoms. The van der Waals surface area contributed by atoms with Crippen LogP contribution in [-0.4, -0.2) is 49.8 Å². The van der Waals surface area contributed by atoms with E-state index in [2.05, 4.69) is 133 Å². The van der Waals surface area contributed by atoms with Crippen LogP contribution in [0, 0.1) is 0 Å². The third-order valence-corrected chi connectivity index (χ3v) is 22.4. The van der Waals surface area contributed by atoms with Gasteiger partial charge in [-0.25, -0.2) is 49.8 Å². The van der Waals surface area contributed by atoms with Gasteiger partial charge in [0.05, 0.1) is 0 Å². The number of fused-ring (bicyclic) bond motifs is 15. The van der Waals surface area contributed by atoms with Gasteiger partial charge in [0.1, 0.15) is 55.9 Å². The molecule has 0 radical (unpaired) electrons. The summed E-state index contributed by atoms with van der Waals surface area (Å²) in [5, 5.41) is 7.50. The highest BCUT2D eigenvalue weighted by Crippen LogP contribution is 2.48. The summed E-state index contributed by atoms with van der Waals surface area (Å²) in [4.78, 5) is 52.7. The largest absolute Gasteiger partial charge is 0.455 e. The highest BCUT2D eigenvalue weighted by Gasteiger charge is 2.28. The summed E-state index contributed by atoms with van der Waals surface area (Å²) in [6.45, 7) is 0. The Morgan fingerprint density at radius 2 is 0.531 bits per heavy atom. The lowest BCUT2D eigenvalue weighted by Crippen LogP contribution is -2.00. The van der Waals surface area contributed by atoms with Crippen LogP contribution in [0.4, 0.5) is 0 Å². The lowest BCUT2D eigenvalue weighted by molar-refractivity contribution is 0.663. The van der Waals surface area contributed by atoms with E-state index < -0.39 is 0 Å². The second kappa shape index (κ2) is 25.7. The second-order valence-corrected chi connectivity index (χ2v) is 29.1. The number of rotatable bonds is 12. The quantitative estimate of drug-likeness (QED) is 0.113. The molecule has 9 aromatic heterocycles. The SMILES string of the molecule is c1ccc(-c2cccc(-c3nc(-c4cccc(-c5ccc6sc7cc(-c8nc(-c9cccc%10c9oc9cccc(-c%11nc(-c%12ccccc%12)nc(-c%12ccccc%12)n%11)c9%10)c9oc%10ccccc%10c9n8)ccc7c6c5)c4)nc(-c4cccc5oc6c(-c7nc(-c8ccccc8)nc8c7oc7ccccc78)cccc6c45)n3)c2)cc1. The lowest BCUT2D eigenvalue weighted by Gasteiger charge is -2.11. The number of hydrogen-bond acceptors (Lipinski definition) is 15. The van der Waals surface area contributed by atoms with Crippen molar-refractivity contribution < 1.29 is 17.7 Å². The van der Waals surface area contributed by atoms with E-state index in [1.807, 2.05) is 194 Å². The van der Waals surface area contributed by atoms with E-state index in [0.29, 0.717) is 103 Å². The van der Waals surface area contributed by atoms with Gasteiger partial charge in [-0.15, -0.1) is 11.3 Å². The highest BCUT2D eigenvalue weighted by molar-refractivity contribution is 7.25. The molecular formula is C98H54N10O4S. The molecule has 14 nitrogen and oxygen atoms in total. The number of benzene rings is 14. The molecule has 0 aliphatic rings. The molecule has 0 N–H and O–H groups in total. The zero-order valence-corrected chi connectivity index (χ0v) is 60.5. The predicted octanol–water partition coefficient (Wildman–Crippen LogP) is 25.6. The Balaban J connectivity index is 0.625. The van der Waals surface area contributed by atoms with Crippen molar-refractivity contribution in [1.29, 1.82) is 0 Å². The van der Waals surface area contributed by atoms with Crippen LogP contribution in [0.1, 0.15) is 0 Å². The van der Waals surface area contributed by atoms with Crippen LogP contribution in [-0.2, 0) is 0 Å². The lowest BCUT2D eigenvalue weighted by atomic mass is 10.00. The molecule has 23 rings (SSSR count). The fourth-order valence-electron chi connectivity index (χ4n) is 15.9. The minimum Gasteiger partial charge on any atom is -0.455 e. The van der Waals surface area contributed by atoms with Gasteiger partial charge in [0.15, 0.2) is 57.8 Å². The maximum Gasteiger partial charge on any atom is 0.180 e. The summed E-state index contributed by atoms with van der Waals surface area (Å²) in [6, 6.07) is 111. The molecule has 0 bridgehead atoms. The van der Waals surface area contributed by atoms with Crippen LogP contribution in [0.5, 0.6) is 0 Å². The summed E-state index contributed by atoms with van der Waals surface area (Å²) >= 11 is 1.74. The first-order valence-electron chi connectivity index (χ1n) is 37.2. The van der Waals surface area contributed by atoms with Crippen molar-refractivity contribution >= 4 is 120 Å². The predicted molar refractivity (Wildman–Crippen MR) is 452 cm³/mol. The Morgan fingerprint density at radius 1 is 0.186 bits per heavy atom. The monoisotopic (exact) mass is 1470 g/mol. The van der Waals surface area contributed by atoms with Gasteiger partial charge in [0.2, 0.25) is 0 Å². The van der Waals surface area contributed by atoms with Crippen molar-refractivity contribution in [3.8, 4) is 136 Å². The van der Waals surface area contributed by atoms with Crippen molar-refractivity contribution in [2.24, 2.45) is 0 Å². The van der Waals surface area contributed by atoms with Crippen LogP contribution in [0.3, 0.4) is 0 Å². The summed E-state index contributed by atoms with van der Waals surface area (Å²) in [5.41, 5.74) is 20.3. The van der Waals surface area contributed by atoms with Crippen LogP contribution in [0.2, 0.25) is 0 Å². The van der Waals surface area contributed by atoms with Crippen LogP contribution >= 0.6 is 11.3 Å². The Hall–Kier alpha value is -15.3. The van der Waals surface area contributed by atoms with Gasteiger partial charge in [-0.3, -0.25) is 0 Å². The number of hydrogen-bond donors (Lipinski definition) is 0. The molecule has 15 heteroatoms. The summed E-state index contributed by atoms with van der Waals surface area (Å²) < 4.78 is 29.7. The second-order valence-electron chi connectivity index (χ2n) is 28.0. The molecule has 9 heterocycles. The van der Waals surface area contributed by atoms with Crippen molar-refractivity contribution in [1.82, 2.24) is 49.8 Å². The molecule has 526 valence electrons. The Kier molecular flexibility index (Phi) is 14.5. The molecule has 0 aliphatic heterocycles. The van der Waals surface area contributed by atoms with Crippen LogP contribution in [0.25, 0.3) is 244 Å². The van der Waals surface area contributed by atoms with E-state index in [9.17, 15) is 0 Å². The fourth-order valence-corrected chi connectivity index (χ4v) is 17.0. The molecule has 0 unspecified atom stereocenters. The molecule has 0 aliphatic carbocycles. The summed E-state index contributed by atoms with van der Waals surface area (Å²) in [7, 11) is 0. The highest BCUT2D eigenvalue weighted by atomic mass is 32.1. The van der Waals surface area contributed by atoms with Crippen molar-refractivity contribution in [3.05, 3.63) is 328 Å². The minimum atomic E-state index is 0.490.